The van der Waals surface area contributed by atoms with Gasteiger partial charge in [-0.15, -0.1) is 0 Å². The molecule has 0 unspecified atom stereocenters. The van der Waals surface area contributed by atoms with Crippen molar-refractivity contribution in [3.63, 3.8) is 0 Å². The second-order valence-corrected chi connectivity index (χ2v) is 7.08. The number of carboxylic acid groups (broad SMARTS) is 1. The van der Waals surface area contributed by atoms with E-state index in [4.69, 9.17) is 19.3 Å². The predicted molar refractivity (Wildman–Crippen MR) is 105 cm³/mol. The second-order valence-electron chi connectivity index (χ2n) is 7.08. The number of ether oxygens (including phenoxy) is 3. The molecule has 1 aliphatic heterocycles. The molecule has 0 spiro atoms. The number of carbonyl (C=O) groups excluding carboxylic acids is 1. The molecule has 0 atom stereocenters. The van der Waals surface area contributed by atoms with E-state index in [1.807, 2.05) is 18.2 Å². The third kappa shape index (κ3) is 5.83. The Balaban J connectivity index is 1.45. The van der Waals surface area contributed by atoms with Crippen LogP contribution in [-0.4, -0.2) is 71.9 Å². The molecule has 1 saturated heterocycles. The van der Waals surface area contributed by atoms with E-state index in [2.05, 4.69) is 5.10 Å². The standard InChI is InChI=1S/C20H27N3O6/c1-27-10-11-28-20(26)22-7-4-15(5-8-22)14-29-17-2-3-18-16(12-17)13-21-23(18)9-6-19(24)25/h2-3,12-13,15H,4-11,14H2,1H3,(H,24,25). The number of likely N-dealkylation sites (tertiary alicyclic amines) is 1. The Morgan fingerprint density at radius 2 is 2.03 bits per heavy atom. The molecule has 0 bridgehead atoms. The number of hydrogen-bond donors (Lipinski definition) is 1. The smallest absolute Gasteiger partial charge is 0.409 e. The third-order valence-electron chi connectivity index (χ3n) is 5.02. The summed E-state index contributed by atoms with van der Waals surface area (Å²) < 4.78 is 17.7. The van der Waals surface area contributed by atoms with Gasteiger partial charge in [0.05, 0.1) is 37.9 Å². The monoisotopic (exact) mass is 405 g/mol. The Morgan fingerprint density at radius 1 is 1.24 bits per heavy atom. The molecule has 1 aromatic carbocycles. The quantitative estimate of drug-likeness (QED) is 0.639. The molecule has 2 heterocycles. The minimum Gasteiger partial charge on any atom is -0.493 e. The maximum absolute atomic E-state index is 11.9. The van der Waals surface area contributed by atoms with E-state index in [0.717, 1.165) is 29.5 Å². The fraction of sp³-hybridized carbons (Fsp3) is 0.550. The van der Waals surface area contributed by atoms with Gasteiger partial charge in [-0.2, -0.15) is 5.10 Å². The summed E-state index contributed by atoms with van der Waals surface area (Å²) in [5.41, 5.74) is 0.888. The van der Waals surface area contributed by atoms with E-state index in [0.29, 0.717) is 38.8 Å². The van der Waals surface area contributed by atoms with Gasteiger partial charge in [-0.1, -0.05) is 0 Å². The summed E-state index contributed by atoms with van der Waals surface area (Å²) in [4.78, 5) is 24.4. The van der Waals surface area contributed by atoms with Crippen molar-refractivity contribution in [3.8, 4) is 5.75 Å². The van der Waals surface area contributed by atoms with Gasteiger partial charge in [0.15, 0.2) is 0 Å². The van der Waals surface area contributed by atoms with Gasteiger partial charge >= 0.3 is 12.1 Å². The number of aryl methyl sites for hydroxylation is 1. The van der Waals surface area contributed by atoms with Crippen LogP contribution in [0.25, 0.3) is 10.9 Å². The SMILES string of the molecule is COCCOC(=O)N1CCC(COc2ccc3c(cnn3CCC(=O)O)c2)CC1. The fourth-order valence-electron chi connectivity index (χ4n) is 3.33. The number of amides is 1. The van der Waals surface area contributed by atoms with Crippen molar-refractivity contribution in [3.05, 3.63) is 24.4 Å². The zero-order valence-electron chi connectivity index (χ0n) is 16.6. The van der Waals surface area contributed by atoms with Crippen LogP contribution in [0, 0.1) is 5.92 Å². The number of carboxylic acids is 1. The maximum atomic E-state index is 11.9. The highest BCUT2D eigenvalue weighted by Gasteiger charge is 2.24. The number of benzene rings is 1. The van der Waals surface area contributed by atoms with Crippen LogP contribution >= 0.6 is 0 Å². The molecule has 29 heavy (non-hydrogen) atoms. The first-order valence-corrected chi connectivity index (χ1v) is 9.77. The fourth-order valence-corrected chi connectivity index (χ4v) is 3.33. The average Bonchev–Trinajstić information content (AvgIpc) is 3.13. The molecule has 0 saturated carbocycles. The molecule has 2 aromatic rings. The molecule has 1 aliphatic rings. The Bertz CT molecular complexity index is 829. The van der Waals surface area contributed by atoms with Gasteiger partial charge in [-0.3, -0.25) is 9.48 Å². The lowest BCUT2D eigenvalue weighted by atomic mass is 9.98. The van der Waals surface area contributed by atoms with E-state index >= 15 is 0 Å². The number of carbonyl (C=O) groups is 2. The van der Waals surface area contributed by atoms with Crippen molar-refractivity contribution in [2.75, 3.05) is 40.0 Å². The number of aliphatic carboxylic acids is 1. The summed E-state index contributed by atoms with van der Waals surface area (Å²) in [6.45, 7) is 2.92. The van der Waals surface area contributed by atoms with Gasteiger partial charge < -0.3 is 24.2 Å². The summed E-state index contributed by atoms with van der Waals surface area (Å²) in [6, 6.07) is 5.70. The van der Waals surface area contributed by atoms with Gasteiger partial charge in [0.2, 0.25) is 0 Å². The van der Waals surface area contributed by atoms with E-state index in [-0.39, 0.29) is 19.1 Å². The maximum Gasteiger partial charge on any atom is 0.409 e. The summed E-state index contributed by atoms with van der Waals surface area (Å²) in [6.07, 6.45) is 3.21. The van der Waals surface area contributed by atoms with E-state index in [9.17, 15) is 9.59 Å². The molecule has 1 fully saturated rings. The van der Waals surface area contributed by atoms with Gasteiger partial charge in [-0.05, 0) is 37.0 Å². The molecule has 1 N–H and O–H groups in total. The predicted octanol–water partition coefficient (Wildman–Crippen LogP) is 2.38. The number of hydrogen-bond acceptors (Lipinski definition) is 6. The van der Waals surface area contributed by atoms with Crippen molar-refractivity contribution < 1.29 is 28.9 Å². The molecule has 0 aliphatic carbocycles. The Labute approximate surface area is 169 Å². The second kappa shape index (κ2) is 10.1. The first-order valence-electron chi connectivity index (χ1n) is 9.77. The van der Waals surface area contributed by atoms with Crippen molar-refractivity contribution in [1.29, 1.82) is 0 Å². The van der Waals surface area contributed by atoms with Crippen LogP contribution in [0.1, 0.15) is 19.3 Å². The minimum absolute atomic E-state index is 0.0354. The highest BCUT2D eigenvalue weighted by Crippen LogP contribution is 2.23. The lowest BCUT2D eigenvalue weighted by Gasteiger charge is -2.31. The van der Waals surface area contributed by atoms with Crippen molar-refractivity contribution in [2.45, 2.75) is 25.8 Å². The van der Waals surface area contributed by atoms with E-state index in [1.54, 1.807) is 22.9 Å². The van der Waals surface area contributed by atoms with E-state index in [1.165, 1.54) is 0 Å². The average molecular weight is 405 g/mol. The van der Waals surface area contributed by atoms with Crippen LogP contribution in [0.2, 0.25) is 0 Å². The van der Waals surface area contributed by atoms with Crippen LogP contribution in [0.5, 0.6) is 5.75 Å². The third-order valence-corrected chi connectivity index (χ3v) is 5.02. The minimum atomic E-state index is -0.845. The van der Waals surface area contributed by atoms with Gasteiger partial charge in [0.25, 0.3) is 0 Å². The zero-order valence-corrected chi connectivity index (χ0v) is 16.6. The van der Waals surface area contributed by atoms with Crippen LogP contribution in [0.3, 0.4) is 0 Å². The molecule has 158 valence electrons. The van der Waals surface area contributed by atoms with Crippen molar-refractivity contribution in [1.82, 2.24) is 14.7 Å². The van der Waals surface area contributed by atoms with Crippen LogP contribution in [0.15, 0.2) is 24.4 Å². The van der Waals surface area contributed by atoms with Crippen molar-refractivity contribution >= 4 is 23.0 Å². The first-order chi connectivity index (χ1) is 14.1. The van der Waals surface area contributed by atoms with Gasteiger partial charge in [-0.25, -0.2) is 4.79 Å². The summed E-state index contributed by atoms with van der Waals surface area (Å²) in [5, 5.41) is 14.0. The molecule has 1 aromatic heterocycles. The van der Waals surface area contributed by atoms with Crippen LogP contribution in [0.4, 0.5) is 4.79 Å². The lowest BCUT2D eigenvalue weighted by Crippen LogP contribution is -2.40. The van der Waals surface area contributed by atoms with Crippen molar-refractivity contribution in [2.24, 2.45) is 5.92 Å². The topological polar surface area (TPSA) is 103 Å². The molecule has 3 rings (SSSR count). The number of methoxy groups -OCH3 is 1. The molecule has 9 heteroatoms. The number of nitrogens with zero attached hydrogens (tertiary/aromatic N) is 3. The Morgan fingerprint density at radius 3 is 2.76 bits per heavy atom. The molecule has 1 amide bonds. The van der Waals surface area contributed by atoms with Gasteiger partial charge in [0, 0.05) is 25.6 Å². The van der Waals surface area contributed by atoms with Gasteiger partial charge in [0.1, 0.15) is 12.4 Å². The lowest BCUT2D eigenvalue weighted by molar-refractivity contribution is -0.137. The number of fused-ring (bicyclic) bond motifs is 1. The van der Waals surface area contributed by atoms with Crippen LogP contribution < -0.4 is 4.74 Å². The van der Waals surface area contributed by atoms with Crippen LogP contribution in [-0.2, 0) is 20.8 Å². The van der Waals surface area contributed by atoms with E-state index < -0.39 is 5.97 Å². The first kappa shape index (κ1) is 20.9. The summed E-state index contributed by atoms with van der Waals surface area (Å²) in [5.74, 6) is 0.298. The zero-order chi connectivity index (χ0) is 20.6. The largest absolute Gasteiger partial charge is 0.493 e. The molecular weight excluding hydrogens is 378 g/mol. The number of rotatable bonds is 9. The highest BCUT2D eigenvalue weighted by molar-refractivity contribution is 5.80. The molecular formula is C20H27N3O6. The Kier molecular flexibility index (Phi) is 7.29. The normalized spacial score (nSPS) is 14.9. The highest BCUT2D eigenvalue weighted by atomic mass is 16.6. The molecule has 0 radical (unpaired) electrons. The number of piperidine rings is 1. The summed E-state index contributed by atoms with van der Waals surface area (Å²) >= 11 is 0. The molecule has 9 nitrogen and oxygen atoms in total. The Hall–Kier alpha value is -2.81. The summed E-state index contributed by atoms with van der Waals surface area (Å²) in [7, 11) is 1.57. The number of aromatic nitrogens is 2.